The maximum absolute atomic E-state index is 11.0. The minimum Gasteiger partial charge on any atom is -0.619 e. The van der Waals surface area contributed by atoms with Crippen molar-refractivity contribution in [2.45, 2.75) is 20.0 Å². The Morgan fingerprint density at radius 1 is 1.46 bits per heavy atom. The monoisotopic (exact) mass is 181 g/mol. The van der Waals surface area contributed by atoms with Gasteiger partial charge in [0.1, 0.15) is 0 Å². The second kappa shape index (κ2) is 4.23. The highest BCUT2D eigenvalue weighted by atomic mass is 16.5. The third-order valence-corrected chi connectivity index (χ3v) is 1.99. The van der Waals surface area contributed by atoms with E-state index < -0.39 is 0 Å². The van der Waals surface area contributed by atoms with E-state index in [1.807, 2.05) is 6.07 Å². The van der Waals surface area contributed by atoms with E-state index in [2.05, 4.69) is 13.8 Å². The van der Waals surface area contributed by atoms with E-state index in [0.29, 0.717) is 5.92 Å². The molecule has 0 bridgehead atoms. The molecular weight excluding hydrogens is 166 g/mol. The summed E-state index contributed by atoms with van der Waals surface area (Å²) in [6, 6.07) is 3.64. The van der Waals surface area contributed by atoms with Crippen LogP contribution in [0.15, 0.2) is 24.5 Å². The van der Waals surface area contributed by atoms with Gasteiger partial charge in [0.2, 0.25) is 0 Å². The first-order valence-electron chi connectivity index (χ1n) is 4.36. The van der Waals surface area contributed by atoms with Crippen LogP contribution in [-0.4, -0.2) is 7.11 Å². The lowest BCUT2D eigenvalue weighted by Gasteiger charge is -2.18. The summed E-state index contributed by atoms with van der Waals surface area (Å²) < 4.78 is 6.10. The fourth-order valence-corrected chi connectivity index (χ4v) is 1.43. The zero-order valence-corrected chi connectivity index (χ0v) is 8.23. The molecule has 3 heteroatoms. The van der Waals surface area contributed by atoms with Crippen LogP contribution in [0, 0.1) is 11.1 Å². The molecule has 1 unspecified atom stereocenters. The molecule has 3 nitrogen and oxygen atoms in total. The van der Waals surface area contributed by atoms with Gasteiger partial charge in [-0.1, -0.05) is 13.8 Å². The molecular formula is C10H15NO2. The molecule has 1 atom stereocenters. The average molecular weight is 181 g/mol. The van der Waals surface area contributed by atoms with E-state index >= 15 is 0 Å². The molecule has 0 amide bonds. The SMILES string of the molecule is COC(c1ccc[n+]([O-])c1)C(C)C. The number of ether oxygens (including phenoxy) is 1. The lowest BCUT2D eigenvalue weighted by atomic mass is 10.0. The van der Waals surface area contributed by atoms with Gasteiger partial charge in [0, 0.05) is 18.7 Å². The van der Waals surface area contributed by atoms with Gasteiger partial charge in [-0.3, -0.25) is 0 Å². The standard InChI is InChI=1S/C10H15NO2/c1-8(2)10(13-3)9-5-4-6-11(12)7-9/h4-8,10H,1-3H3. The first-order chi connectivity index (χ1) is 6.15. The first kappa shape index (κ1) is 9.99. The Morgan fingerprint density at radius 2 is 2.15 bits per heavy atom. The predicted octanol–water partition coefficient (Wildman–Crippen LogP) is 1.66. The molecule has 0 aromatic carbocycles. The van der Waals surface area contributed by atoms with E-state index in [1.165, 1.54) is 6.20 Å². The van der Waals surface area contributed by atoms with Crippen molar-refractivity contribution in [3.8, 4) is 0 Å². The van der Waals surface area contributed by atoms with Gasteiger partial charge in [0.15, 0.2) is 12.4 Å². The summed E-state index contributed by atoms with van der Waals surface area (Å²) in [5.41, 5.74) is 0.926. The number of hydrogen-bond acceptors (Lipinski definition) is 2. The second-order valence-electron chi connectivity index (χ2n) is 3.40. The summed E-state index contributed by atoms with van der Waals surface area (Å²) >= 11 is 0. The van der Waals surface area contributed by atoms with Crippen molar-refractivity contribution in [2.75, 3.05) is 7.11 Å². The van der Waals surface area contributed by atoms with Crippen LogP contribution in [0.4, 0.5) is 0 Å². The number of methoxy groups -OCH3 is 1. The van der Waals surface area contributed by atoms with Gasteiger partial charge in [-0.25, -0.2) is 0 Å². The molecule has 72 valence electrons. The Bertz CT molecular complexity index is 273. The highest BCUT2D eigenvalue weighted by molar-refractivity contribution is 5.10. The quantitative estimate of drug-likeness (QED) is 0.525. The summed E-state index contributed by atoms with van der Waals surface area (Å²) in [6.07, 6.45) is 3.02. The van der Waals surface area contributed by atoms with Crippen molar-refractivity contribution in [1.29, 1.82) is 0 Å². The molecule has 0 fully saturated rings. The van der Waals surface area contributed by atoms with E-state index in [-0.39, 0.29) is 6.10 Å². The van der Waals surface area contributed by atoms with Crippen molar-refractivity contribution in [3.05, 3.63) is 35.3 Å². The maximum atomic E-state index is 11.0. The molecule has 0 N–H and O–H groups in total. The van der Waals surface area contributed by atoms with Gasteiger partial charge in [0.05, 0.1) is 6.10 Å². The predicted molar refractivity (Wildman–Crippen MR) is 50.0 cm³/mol. The zero-order chi connectivity index (χ0) is 9.84. The van der Waals surface area contributed by atoms with Gasteiger partial charge >= 0.3 is 0 Å². The topological polar surface area (TPSA) is 36.2 Å². The number of hydrogen-bond donors (Lipinski definition) is 0. The largest absolute Gasteiger partial charge is 0.619 e. The van der Waals surface area contributed by atoms with E-state index in [1.54, 1.807) is 19.4 Å². The average Bonchev–Trinajstić information content (AvgIpc) is 2.04. The molecule has 1 aromatic rings. The molecule has 0 saturated heterocycles. The van der Waals surface area contributed by atoms with Crippen molar-refractivity contribution in [1.82, 2.24) is 0 Å². The van der Waals surface area contributed by atoms with Crippen LogP contribution in [0.1, 0.15) is 25.5 Å². The fraction of sp³-hybridized carbons (Fsp3) is 0.500. The van der Waals surface area contributed by atoms with Crippen LogP contribution < -0.4 is 4.73 Å². The molecule has 0 spiro atoms. The third-order valence-electron chi connectivity index (χ3n) is 1.99. The van der Waals surface area contributed by atoms with Crippen LogP contribution in [0.3, 0.4) is 0 Å². The number of nitrogens with zero attached hydrogens (tertiary/aromatic N) is 1. The Balaban J connectivity index is 2.91. The van der Waals surface area contributed by atoms with Gasteiger partial charge in [-0.2, -0.15) is 4.73 Å². The smallest absolute Gasteiger partial charge is 0.186 e. The molecule has 1 aromatic heterocycles. The van der Waals surface area contributed by atoms with Crippen LogP contribution in [0.2, 0.25) is 0 Å². The molecule has 0 aliphatic rings. The Kier molecular flexibility index (Phi) is 3.25. The van der Waals surface area contributed by atoms with Crippen molar-refractivity contribution in [3.63, 3.8) is 0 Å². The van der Waals surface area contributed by atoms with E-state index in [4.69, 9.17) is 4.74 Å². The van der Waals surface area contributed by atoms with Crippen LogP contribution in [-0.2, 0) is 4.74 Å². The Hall–Kier alpha value is -1.09. The van der Waals surface area contributed by atoms with Crippen LogP contribution in [0.25, 0.3) is 0 Å². The molecule has 13 heavy (non-hydrogen) atoms. The summed E-state index contributed by atoms with van der Waals surface area (Å²) in [7, 11) is 1.66. The summed E-state index contributed by atoms with van der Waals surface area (Å²) in [5, 5.41) is 11.0. The van der Waals surface area contributed by atoms with Gasteiger partial charge in [0.25, 0.3) is 0 Å². The Morgan fingerprint density at radius 3 is 2.62 bits per heavy atom. The number of pyridine rings is 1. The molecule has 0 aliphatic heterocycles. The molecule has 0 aliphatic carbocycles. The van der Waals surface area contributed by atoms with Gasteiger partial charge in [-0.15, -0.1) is 0 Å². The first-order valence-corrected chi connectivity index (χ1v) is 4.36. The number of rotatable bonds is 3. The van der Waals surface area contributed by atoms with Crippen molar-refractivity contribution in [2.24, 2.45) is 5.92 Å². The highest BCUT2D eigenvalue weighted by Crippen LogP contribution is 2.23. The minimum absolute atomic E-state index is 0.00130. The highest BCUT2D eigenvalue weighted by Gasteiger charge is 2.16. The third kappa shape index (κ3) is 2.42. The van der Waals surface area contributed by atoms with Gasteiger partial charge < -0.3 is 9.94 Å². The van der Waals surface area contributed by atoms with Crippen molar-refractivity contribution >= 4 is 0 Å². The summed E-state index contributed by atoms with van der Waals surface area (Å²) in [6.45, 7) is 4.13. The second-order valence-corrected chi connectivity index (χ2v) is 3.40. The lowest BCUT2D eigenvalue weighted by molar-refractivity contribution is -0.606. The van der Waals surface area contributed by atoms with Crippen molar-refractivity contribution < 1.29 is 9.47 Å². The molecule has 0 saturated carbocycles. The fourth-order valence-electron chi connectivity index (χ4n) is 1.43. The van der Waals surface area contributed by atoms with Crippen LogP contribution >= 0.6 is 0 Å². The lowest BCUT2D eigenvalue weighted by Crippen LogP contribution is -2.26. The molecule has 1 heterocycles. The van der Waals surface area contributed by atoms with E-state index in [9.17, 15) is 5.21 Å². The zero-order valence-electron chi connectivity index (χ0n) is 8.23. The maximum Gasteiger partial charge on any atom is 0.186 e. The van der Waals surface area contributed by atoms with Crippen LogP contribution in [0.5, 0.6) is 0 Å². The summed E-state index contributed by atoms with van der Waals surface area (Å²) in [4.78, 5) is 0. The van der Waals surface area contributed by atoms with E-state index in [0.717, 1.165) is 10.3 Å². The normalized spacial score (nSPS) is 13.2. The number of aromatic nitrogens is 1. The van der Waals surface area contributed by atoms with Gasteiger partial charge in [-0.05, 0) is 12.0 Å². The Labute approximate surface area is 78.5 Å². The molecule has 1 rings (SSSR count). The minimum atomic E-state index is 0.00130. The molecule has 0 radical (unpaired) electrons. The summed E-state index contributed by atoms with van der Waals surface area (Å²) in [5.74, 6) is 0.368.